The van der Waals surface area contributed by atoms with Crippen molar-refractivity contribution < 1.29 is 0 Å². The van der Waals surface area contributed by atoms with Crippen molar-refractivity contribution in [1.29, 1.82) is 0 Å². The zero-order valence-corrected chi connectivity index (χ0v) is 11.5. The highest BCUT2D eigenvalue weighted by Gasteiger charge is 2.06. The Hall–Kier alpha value is -1.82. The van der Waals surface area contributed by atoms with Crippen LogP contribution >= 0.6 is 0 Å². The lowest BCUT2D eigenvalue weighted by Gasteiger charge is -1.92. The third-order valence-corrected chi connectivity index (χ3v) is 3.75. The van der Waals surface area contributed by atoms with E-state index >= 15 is 0 Å². The summed E-state index contributed by atoms with van der Waals surface area (Å²) < 4.78 is 0. The smallest absolute Gasteiger partial charge is 0.00333 e. The fourth-order valence-corrected chi connectivity index (χ4v) is 3.05. The van der Waals surface area contributed by atoms with Crippen LogP contribution in [0.2, 0.25) is 0 Å². The number of rotatable bonds is 0. The fourth-order valence-electron chi connectivity index (χ4n) is 3.05. The van der Waals surface area contributed by atoms with E-state index in [2.05, 4.69) is 64.1 Å². The van der Waals surface area contributed by atoms with Crippen LogP contribution in [0.5, 0.6) is 0 Å². The summed E-state index contributed by atoms with van der Waals surface area (Å²) in [4.78, 5) is 0. The molecule has 0 saturated carbocycles. The summed E-state index contributed by atoms with van der Waals surface area (Å²) in [5.41, 5.74) is 5.38. The minimum Gasteiger partial charge on any atom is -0.0557 e. The Balaban J connectivity index is 2.73. The van der Waals surface area contributed by atoms with Crippen LogP contribution in [0.3, 0.4) is 0 Å². The van der Waals surface area contributed by atoms with Crippen molar-refractivity contribution in [3.05, 3.63) is 58.7 Å². The van der Waals surface area contributed by atoms with Crippen LogP contribution in [0.1, 0.15) is 22.3 Å². The van der Waals surface area contributed by atoms with Gasteiger partial charge in [0, 0.05) is 0 Å². The van der Waals surface area contributed by atoms with Crippen LogP contribution in [0.4, 0.5) is 0 Å². The van der Waals surface area contributed by atoms with E-state index in [0.717, 1.165) is 0 Å². The molecule has 0 amide bonds. The molecule has 0 bridgehead atoms. The molecule has 0 atom stereocenters. The van der Waals surface area contributed by atoms with Gasteiger partial charge in [-0.25, -0.2) is 0 Å². The van der Waals surface area contributed by atoms with Crippen molar-refractivity contribution in [2.24, 2.45) is 0 Å². The average Bonchev–Trinajstić information content (AvgIpc) is 2.62. The Labute approximate surface area is 108 Å². The first-order valence-corrected chi connectivity index (χ1v) is 6.47. The average molecular weight is 234 g/mol. The molecule has 0 heterocycles. The van der Waals surface area contributed by atoms with E-state index in [1.165, 1.54) is 43.8 Å². The van der Waals surface area contributed by atoms with Crippen molar-refractivity contribution in [3.63, 3.8) is 0 Å². The third-order valence-electron chi connectivity index (χ3n) is 3.75. The van der Waals surface area contributed by atoms with Gasteiger partial charge in [-0.05, 0) is 60.4 Å². The molecular formula is C18H18. The van der Waals surface area contributed by atoms with Gasteiger partial charge in [-0.2, -0.15) is 0 Å². The van der Waals surface area contributed by atoms with Crippen molar-refractivity contribution in [1.82, 2.24) is 0 Å². The van der Waals surface area contributed by atoms with Gasteiger partial charge in [0.15, 0.2) is 0 Å². The van der Waals surface area contributed by atoms with Gasteiger partial charge in [-0.3, -0.25) is 0 Å². The third kappa shape index (κ3) is 1.60. The topological polar surface area (TPSA) is 0 Å². The number of aryl methyl sites for hydroxylation is 4. The normalized spacial score (nSPS) is 11.3. The molecule has 3 aromatic carbocycles. The van der Waals surface area contributed by atoms with E-state index in [9.17, 15) is 0 Å². The van der Waals surface area contributed by atoms with Crippen molar-refractivity contribution >= 4 is 21.5 Å². The van der Waals surface area contributed by atoms with Gasteiger partial charge in [-0.1, -0.05) is 47.5 Å². The van der Waals surface area contributed by atoms with E-state index in [0.29, 0.717) is 0 Å². The van der Waals surface area contributed by atoms with Gasteiger partial charge in [0.05, 0.1) is 0 Å². The molecule has 0 fully saturated rings. The minimum absolute atomic E-state index is 1.33. The van der Waals surface area contributed by atoms with Gasteiger partial charge in [0.2, 0.25) is 0 Å². The van der Waals surface area contributed by atoms with Gasteiger partial charge >= 0.3 is 0 Å². The zero-order valence-electron chi connectivity index (χ0n) is 11.5. The molecule has 0 aliphatic carbocycles. The highest BCUT2D eigenvalue weighted by molar-refractivity contribution is 6.12. The zero-order chi connectivity index (χ0) is 12.9. The predicted molar refractivity (Wildman–Crippen MR) is 80.4 cm³/mol. The summed E-state index contributed by atoms with van der Waals surface area (Å²) in [6, 6.07) is 13.7. The first kappa shape index (κ1) is 11.3. The van der Waals surface area contributed by atoms with Crippen LogP contribution in [0.25, 0.3) is 21.5 Å². The second-order valence-corrected chi connectivity index (χ2v) is 5.42. The van der Waals surface area contributed by atoms with Gasteiger partial charge in [0.25, 0.3) is 0 Å². The summed E-state index contributed by atoms with van der Waals surface area (Å²) in [5, 5.41) is 5.52. The minimum atomic E-state index is 1.33. The molecule has 90 valence electrons. The maximum atomic E-state index is 2.30. The SMILES string of the molecule is Cc1cc(C)c2ccc3c(C)cc(C)cc(c1)c23. The van der Waals surface area contributed by atoms with Gasteiger partial charge in [-0.15, -0.1) is 0 Å². The van der Waals surface area contributed by atoms with Crippen LogP contribution in [-0.2, 0) is 0 Å². The Morgan fingerprint density at radius 3 is 1.50 bits per heavy atom. The van der Waals surface area contributed by atoms with E-state index in [-0.39, 0.29) is 0 Å². The van der Waals surface area contributed by atoms with Crippen LogP contribution in [0, 0.1) is 27.7 Å². The molecule has 0 spiro atoms. The molecule has 0 nitrogen and oxygen atoms in total. The molecule has 0 saturated heterocycles. The molecule has 0 aliphatic rings. The molecule has 0 heteroatoms. The summed E-state index contributed by atoms with van der Waals surface area (Å²) >= 11 is 0. The van der Waals surface area contributed by atoms with Crippen LogP contribution in [0.15, 0.2) is 36.4 Å². The quantitative estimate of drug-likeness (QED) is 0.500. The van der Waals surface area contributed by atoms with Crippen molar-refractivity contribution in [3.8, 4) is 0 Å². The summed E-state index contributed by atoms with van der Waals surface area (Å²) in [5.74, 6) is 0. The largest absolute Gasteiger partial charge is 0.0557 e. The molecule has 3 aromatic rings. The molecule has 0 N–H and O–H groups in total. The molecule has 3 rings (SSSR count). The maximum Gasteiger partial charge on any atom is -0.00333 e. The van der Waals surface area contributed by atoms with Gasteiger partial charge < -0.3 is 0 Å². The second kappa shape index (κ2) is 3.84. The Kier molecular flexibility index (Phi) is 2.41. The Bertz CT molecular complexity index is 702. The lowest BCUT2D eigenvalue weighted by Crippen LogP contribution is -1.68. The van der Waals surface area contributed by atoms with Crippen molar-refractivity contribution in [2.75, 3.05) is 0 Å². The molecule has 0 aromatic heterocycles. The van der Waals surface area contributed by atoms with Crippen LogP contribution in [-0.4, -0.2) is 0 Å². The van der Waals surface area contributed by atoms with Gasteiger partial charge in [0.1, 0.15) is 0 Å². The molecule has 18 heavy (non-hydrogen) atoms. The highest BCUT2D eigenvalue weighted by Crippen LogP contribution is 2.32. The first-order chi connectivity index (χ1) is 8.56. The van der Waals surface area contributed by atoms with E-state index in [1.54, 1.807) is 0 Å². The maximum absolute atomic E-state index is 2.30. The fraction of sp³-hybridized carbons (Fsp3) is 0.222. The Morgan fingerprint density at radius 2 is 1.06 bits per heavy atom. The number of hydrogen-bond donors (Lipinski definition) is 0. The van der Waals surface area contributed by atoms with E-state index < -0.39 is 0 Å². The second-order valence-electron chi connectivity index (χ2n) is 5.42. The molecule has 0 aliphatic heterocycles. The van der Waals surface area contributed by atoms with E-state index in [1.807, 2.05) is 0 Å². The monoisotopic (exact) mass is 234 g/mol. The molecular weight excluding hydrogens is 216 g/mol. The molecule has 0 radical (unpaired) electrons. The summed E-state index contributed by atoms with van der Waals surface area (Å²) in [6.45, 7) is 8.76. The van der Waals surface area contributed by atoms with E-state index in [4.69, 9.17) is 0 Å². The molecule has 0 unspecified atom stereocenters. The standard InChI is InChI=1S/C18H18/c1-11-7-13(3)16-5-6-17-14(4)8-12(2)10-15(9-11)18(16)17/h5-10H,1-4H3. The summed E-state index contributed by atoms with van der Waals surface area (Å²) in [7, 11) is 0. The predicted octanol–water partition coefficient (Wildman–Crippen LogP) is 5.23. The highest BCUT2D eigenvalue weighted by atomic mass is 14.1. The lowest BCUT2D eigenvalue weighted by atomic mass is 10.1. The number of hydrogen-bond acceptors (Lipinski definition) is 0. The first-order valence-electron chi connectivity index (χ1n) is 6.47. The Morgan fingerprint density at radius 1 is 0.611 bits per heavy atom. The lowest BCUT2D eigenvalue weighted by molar-refractivity contribution is 1.45. The van der Waals surface area contributed by atoms with Crippen molar-refractivity contribution in [2.45, 2.75) is 27.7 Å². The summed E-state index contributed by atoms with van der Waals surface area (Å²) in [6.07, 6.45) is 0. The van der Waals surface area contributed by atoms with Crippen LogP contribution < -0.4 is 0 Å².